The summed E-state index contributed by atoms with van der Waals surface area (Å²) in [6, 6.07) is 0.924. The number of likely N-dealkylation sites (tertiary alicyclic amines) is 1. The highest BCUT2D eigenvalue weighted by Crippen LogP contribution is 2.23. The fraction of sp³-hybridized carbons (Fsp3) is 0.700. The maximum Gasteiger partial charge on any atom is 0.113 e. The van der Waals surface area contributed by atoms with Crippen LogP contribution in [-0.4, -0.2) is 28.5 Å². The Labute approximate surface area is 99.2 Å². The minimum atomic E-state index is 0.371. The lowest BCUT2D eigenvalue weighted by Crippen LogP contribution is -2.44. The number of hydrogen-bond acceptors (Lipinski definition) is 4. The van der Waals surface area contributed by atoms with E-state index in [-0.39, 0.29) is 0 Å². The smallest absolute Gasteiger partial charge is 0.113 e. The topological polar surface area (TPSA) is 42.1 Å². The third-order valence-electron chi connectivity index (χ3n) is 2.92. The molecule has 0 aromatic carbocycles. The van der Waals surface area contributed by atoms with Gasteiger partial charge in [0.1, 0.15) is 9.34 Å². The van der Waals surface area contributed by atoms with Gasteiger partial charge in [0, 0.05) is 18.6 Å². The van der Waals surface area contributed by atoms with Crippen molar-refractivity contribution in [3.63, 3.8) is 0 Å². The molecule has 0 radical (unpaired) electrons. The summed E-state index contributed by atoms with van der Waals surface area (Å²) in [5, 5.41) is 1.10. The summed E-state index contributed by atoms with van der Waals surface area (Å²) in [6.07, 6.45) is 3.89. The van der Waals surface area contributed by atoms with E-state index >= 15 is 0 Å². The molecule has 0 bridgehead atoms. The van der Waals surface area contributed by atoms with Crippen molar-refractivity contribution in [2.24, 2.45) is 5.73 Å². The monoisotopic (exact) mass is 245 g/mol. The second-order valence-corrected chi connectivity index (χ2v) is 5.91. The van der Waals surface area contributed by atoms with Crippen LogP contribution in [0.25, 0.3) is 0 Å². The van der Waals surface area contributed by atoms with Gasteiger partial charge in [-0.25, -0.2) is 4.98 Å². The SMILES string of the molecule is CC1CC(N)CCN1Cc1ncc(Cl)s1. The lowest BCUT2D eigenvalue weighted by atomic mass is 9.99. The Bertz CT molecular complexity index is 328. The summed E-state index contributed by atoms with van der Waals surface area (Å²) in [7, 11) is 0. The van der Waals surface area contributed by atoms with Crippen LogP contribution < -0.4 is 5.73 Å². The van der Waals surface area contributed by atoms with Crippen LogP contribution in [0.3, 0.4) is 0 Å². The van der Waals surface area contributed by atoms with Gasteiger partial charge in [-0.05, 0) is 19.8 Å². The number of nitrogens with zero attached hydrogens (tertiary/aromatic N) is 2. The van der Waals surface area contributed by atoms with Crippen LogP contribution in [0.15, 0.2) is 6.20 Å². The van der Waals surface area contributed by atoms with Crippen molar-refractivity contribution in [1.82, 2.24) is 9.88 Å². The predicted molar refractivity (Wildman–Crippen MR) is 64.2 cm³/mol. The molecule has 1 aromatic heterocycles. The van der Waals surface area contributed by atoms with E-state index in [1.165, 1.54) is 0 Å². The Morgan fingerprint density at radius 3 is 3.13 bits per heavy atom. The van der Waals surface area contributed by atoms with Crippen LogP contribution in [0.1, 0.15) is 24.8 Å². The van der Waals surface area contributed by atoms with Crippen LogP contribution in [-0.2, 0) is 6.54 Å². The Morgan fingerprint density at radius 1 is 1.73 bits per heavy atom. The molecular weight excluding hydrogens is 230 g/mol. The minimum Gasteiger partial charge on any atom is -0.328 e. The molecule has 0 amide bonds. The van der Waals surface area contributed by atoms with Gasteiger partial charge < -0.3 is 5.73 Å². The summed E-state index contributed by atoms with van der Waals surface area (Å²) in [5.74, 6) is 0. The highest BCUT2D eigenvalue weighted by atomic mass is 35.5. The van der Waals surface area contributed by atoms with Gasteiger partial charge in [-0.15, -0.1) is 11.3 Å². The predicted octanol–water partition coefficient (Wildman–Crippen LogP) is 2.11. The normalized spacial score (nSPS) is 28.2. The molecule has 1 fully saturated rings. The molecule has 2 atom stereocenters. The zero-order valence-corrected chi connectivity index (χ0v) is 10.4. The molecule has 0 saturated carbocycles. The molecule has 2 N–H and O–H groups in total. The molecule has 84 valence electrons. The van der Waals surface area contributed by atoms with E-state index in [1.54, 1.807) is 17.5 Å². The van der Waals surface area contributed by atoms with E-state index < -0.39 is 0 Å². The van der Waals surface area contributed by atoms with Gasteiger partial charge >= 0.3 is 0 Å². The zero-order valence-electron chi connectivity index (χ0n) is 8.82. The Morgan fingerprint density at radius 2 is 2.53 bits per heavy atom. The van der Waals surface area contributed by atoms with Crippen LogP contribution in [0.4, 0.5) is 0 Å². The number of aromatic nitrogens is 1. The Hall–Kier alpha value is -0.160. The molecule has 1 saturated heterocycles. The van der Waals surface area contributed by atoms with Crippen molar-refractivity contribution in [3.8, 4) is 0 Å². The lowest BCUT2D eigenvalue weighted by molar-refractivity contribution is 0.140. The lowest BCUT2D eigenvalue weighted by Gasteiger charge is -2.35. The average Bonchev–Trinajstić information content (AvgIpc) is 2.56. The van der Waals surface area contributed by atoms with Crippen molar-refractivity contribution >= 4 is 22.9 Å². The first-order chi connectivity index (χ1) is 7.15. The number of hydrogen-bond donors (Lipinski definition) is 1. The molecule has 0 spiro atoms. The summed E-state index contributed by atoms with van der Waals surface area (Å²) in [5.41, 5.74) is 5.92. The molecule has 0 aliphatic carbocycles. The average molecular weight is 246 g/mol. The second kappa shape index (κ2) is 4.78. The summed E-state index contributed by atoms with van der Waals surface area (Å²) in [6.45, 7) is 4.21. The Kier molecular flexibility index (Phi) is 3.61. The van der Waals surface area contributed by atoms with Crippen molar-refractivity contribution < 1.29 is 0 Å². The van der Waals surface area contributed by atoms with E-state index in [0.29, 0.717) is 12.1 Å². The maximum absolute atomic E-state index is 5.92. The summed E-state index contributed by atoms with van der Waals surface area (Å²) in [4.78, 5) is 6.71. The van der Waals surface area contributed by atoms with Gasteiger partial charge in [-0.1, -0.05) is 11.6 Å². The van der Waals surface area contributed by atoms with Gasteiger partial charge in [-0.2, -0.15) is 0 Å². The number of thiazole rings is 1. The first-order valence-corrected chi connectivity index (χ1v) is 6.44. The molecule has 1 aliphatic heterocycles. The number of rotatable bonds is 2. The van der Waals surface area contributed by atoms with Crippen LogP contribution in [0.5, 0.6) is 0 Å². The fourth-order valence-electron chi connectivity index (χ4n) is 2.03. The van der Waals surface area contributed by atoms with Crippen molar-refractivity contribution in [2.45, 2.75) is 38.4 Å². The molecule has 2 heterocycles. The van der Waals surface area contributed by atoms with E-state index in [9.17, 15) is 0 Å². The second-order valence-electron chi connectivity index (χ2n) is 4.16. The molecule has 5 heteroatoms. The van der Waals surface area contributed by atoms with Crippen LogP contribution in [0.2, 0.25) is 4.34 Å². The zero-order chi connectivity index (χ0) is 10.8. The van der Waals surface area contributed by atoms with Crippen LogP contribution >= 0.6 is 22.9 Å². The summed E-state index contributed by atoms with van der Waals surface area (Å²) >= 11 is 7.42. The van der Waals surface area contributed by atoms with E-state index in [2.05, 4.69) is 16.8 Å². The van der Waals surface area contributed by atoms with Gasteiger partial charge in [0.05, 0.1) is 12.7 Å². The molecule has 15 heavy (non-hydrogen) atoms. The van der Waals surface area contributed by atoms with E-state index in [0.717, 1.165) is 35.3 Å². The van der Waals surface area contributed by atoms with E-state index in [4.69, 9.17) is 17.3 Å². The molecule has 1 aromatic rings. The number of nitrogens with two attached hydrogens (primary N) is 1. The fourth-order valence-corrected chi connectivity index (χ4v) is 3.01. The third kappa shape index (κ3) is 2.91. The molecule has 3 nitrogen and oxygen atoms in total. The Balaban J connectivity index is 1.94. The van der Waals surface area contributed by atoms with Crippen molar-refractivity contribution in [2.75, 3.05) is 6.54 Å². The summed E-state index contributed by atoms with van der Waals surface area (Å²) < 4.78 is 0.770. The minimum absolute atomic E-state index is 0.371. The maximum atomic E-state index is 5.92. The molecule has 2 rings (SSSR count). The largest absolute Gasteiger partial charge is 0.328 e. The standard InChI is InChI=1S/C10H16ClN3S/c1-7-4-8(12)2-3-14(7)6-10-13-5-9(11)15-10/h5,7-8H,2-4,6,12H2,1H3. The highest BCUT2D eigenvalue weighted by Gasteiger charge is 2.23. The van der Waals surface area contributed by atoms with Gasteiger partial charge in [-0.3, -0.25) is 4.90 Å². The van der Waals surface area contributed by atoms with Crippen molar-refractivity contribution in [3.05, 3.63) is 15.5 Å². The highest BCUT2D eigenvalue weighted by molar-refractivity contribution is 7.15. The number of halogens is 1. The van der Waals surface area contributed by atoms with Crippen LogP contribution in [0, 0.1) is 0 Å². The first kappa shape index (κ1) is 11.3. The quantitative estimate of drug-likeness (QED) is 0.868. The van der Waals surface area contributed by atoms with E-state index in [1.807, 2.05) is 0 Å². The van der Waals surface area contributed by atoms with Gasteiger partial charge in [0.25, 0.3) is 0 Å². The molecule has 1 aliphatic rings. The molecule has 2 unspecified atom stereocenters. The van der Waals surface area contributed by atoms with Gasteiger partial charge in [0.15, 0.2) is 0 Å². The first-order valence-electron chi connectivity index (χ1n) is 5.25. The van der Waals surface area contributed by atoms with Crippen molar-refractivity contribution in [1.29, 1.82) is 0 Å². The molecular formula is C10H16ClN3S. The third-order valence-corrected chi connectivity index (χ3v) is 4.02. The van der Waals surface area contributed by atoms with Gasteiger partial charge in [0.2, 0.25) is 0 Å². The number of piperidine rings is 1.